The van der Waals surface area contributed by atoms with Crippen molar-refractivity contribution in [2.24, 2.45) is 0 Å². The Morgan fingerprint density at radius 3 is 1.73 bits per heavy atom. The standard InChI is InChI=1S/C30H46/c1-2-3-4-5-6-7-8-9-10-11-12-13-14-15-16-17-18-19-23-28-25-22-26-29-24-20-21-27-30(28)29/h9-10,20-22,24-27H,2-8,11-19,23H2,1H3/b10-9+. The molecule has 2 aromatic rings. The molecule has 0 amide bonds. The molecule has 2 rings (SSSR count). The largest absolute Gasteiger partial charge is 0.0885 e. The lowest BCUT2D eigenvalue weighted by Gasteiger charge is -2.06. The Morgan fingerprint density at radius 2 is 1.07 bits per heavy atom. The zero-order valence-corrected chi connectivity index (χ0v) is 19.7. The second kappa shape index (κ2) is 17.2. The molecule has 30 heavy (non-hydrogen) atoms. The molecule has 166 valence electrons. The third kappa shape index (κ3) is 11.0. The molecule has 0 aliphatic rings. The first-order valence-corrected chi connectivity index (χ1v) is 13.0. The van der Waals surface area contributed by atoms with E-state index in [4.69, 9.17) is 0 Å². The summed E-state index contributed by atoms with van der Waals surface area (Å²) in [6.45, 7) is 2.29. The predicted octanol–water partition coefficient (Wildman–Crippen LogP) is 10.2. The normalized spacial score (nSPS) is 11.6. The van der Waals surface area contributed by atoms with E-state index in [9.17, 15) is 0 Å². The number of hydrogen-bond acceptors (Lipinski definition) is 0. The van der Waals surface area contributed by atoms with Crippen LogP contribution < -0.4 is 0 Å². The maximum absolute atomic E-state index is 2.43. The summed E-state index contributed by atoms with van der Waals surface area (Å²) >= 11 is 0. The van der Waals surface area contributed by atoms with Gasteiger partial charge in [0.1, 0.15) is 0 Å². The van der Waals surface area contributed by atoms with Crippen molar-refractivity contribution in [3.05, 3.63) is 60.2 Å². The SMILES string of the molecule is CCCCCCCC/C=C/CCCCCCCCCCc1cccc2ccccc12. The number of aryl methyl sites for hydroxylation is 1. The minimum Gasteiger partial charge on any atom is -0.0885 e. The maximum Gasteiger partial charge on any atom is -0.0152 e. The fourth-order valence-electron chi connectivity index (χ4n) is 4.43. The number of allylic oxidation sites excluding steroid dienone is 2. The third-order valence-electron chi connectivity index (χ3n) is 6.34. The molecule has 0 aliphatic heterocycles. The second-order valence-electron chi connectivity index (χ2n) is 9.03. The molecule has 0 aromatic heterocycles. The van der Waals surface area contributed by atoms with Crippen LogP contribution in [0.5, 0.6) is 0 Å². The van der Waals surface area contributed by atoms with Crippen LogP contribution >= 0.6 is 0 Å². The van der Waals surface area contributed by atoms with Crippen molar-refractivity contribution >= 4 is 10.8 Å². The fourth-order valence-corrected chi connectivity index (χ4v) is 4.43. The molecule has 0 atom stereocenters. The van der Waals surface area contributed by atoms with Gasteiger partial charge in [0.05, 0.1) is 0 Å². The van der Waals surface area contributed by atoms with Crippen molar-refractivity contribution < 1.29 is 0 Å². The quantitative estimate of drug-likeness (QED) is 0.170. The summed E-state index contributed by atoms with van der Waals surface area (Å²) in [5.41, 5.74) is 1.53. The van der Waals surface area contributed by atoms with E-state index in [2.05, 4.69) is 61.5 Å². The molecule has 0 spiro atoms. The van der Waals surface area contributed by atoms with Crippen LogP contribution in [0.4, 0.5) is 0 Å². The average molecular weight is 407 g/mol. The Hall–Kier alpha value is -1.56. The molecule has 0 radical (unpaired) electrons. The summed E-state index contributed by atoms with van der Waals surface area (Å²) in [7, 11) is 0. The zero-order valence-electron chi connectivity index (χ0n) is 19.7. The van der Waals surface area contributed by atoms with Gasteiger partial charge in [-0.15, -0.1) is 0 Å². The maximum atomic E-state index is 2.43. The van der Waals surface area contributed by atoms with E-state index in [-0.39, 0.29) is 0 Å². The minimum absolute atomic E-state index is 1.23. The number of fused-ring (bicyclic) bond motifs is 1. The lowest BCUT2D eigenvalue weighted by molar-refractivity contribution is 0.569. The molecule has 0 heterocycles. The number of rotatable bonds is 18. The smallest absolute Gasteiger partial charge is 0.0152 e. The fraction of sp³-hybridized carbons (Fsp3) is 0.600. The van der Waals surface area contributed by atoms with Gasteiger partial charge >= 0.3 is 0 Å². The zero-order chi connectivity index (χ0) is 21.1. The first-order chi connectivity index (χ1) is 14.9. The summed E-state index contributed by atoms with van der Waals surface area (Å²) in [5.74, 6) is 0. The van der Waals surface area contributed by atoms with Crippen molar-refractivity contribution in [1.29, 1.82) is 0 Å². The highest BCUT2D eigenvalue weighted by atomic mass is 14.1. The third-order valence-corrected chi connectivity index (χ3v) is 6.34. The van der Waals surface area contributed by atoms with E-state index in [1.165, 1.54) is 125 Å². The van der Waals surface area contributed by atoms with Crippen LogP contribution in [0.15, 0.2) is 54.6 Å². The van der Waals surface area contributed by atoms with E-state index in [1.54, 1.807) is 0 Å². The average Bonchev–Trinajstić information content (AvgIpc) is 2.78. The van der Waals surface area contributed by atoms with E-state index in [0.29, 0.717) is 0 Å². The van der Waals surface area contributed by atoms with Gasteiger partial charge in [-0.3, -0.25) is 0 Å². The van der Waals surface area contributed by atoms with E-state index in [1.807, 2.05) is 0 Å². The van der Waals surface area contributed by atoms with Gasteiger partial charge in [-0.1, -0.05) is 132 Å². The number of unbranched alkanes of at least 4 members (excludes halogenated alkanes) is 14. The molecular formula is C30H46. The summed E-state index contributed by atoms with van der Waals surface area (Å²) < 4.78 is 0. The van der Waals surface area contributed by atoms with Gasteiger partial charge in [-0.2, -0.15) is 0 Å². The van der Waals surface area contributed by atoms with E-state index >= 15 is 0 Å². The van der Waals surface area contributed by atoms with E-state index in [0.717, 1.165) is 0 Å². The molecule has 0 unspecified atom stereocenters. The van der Waals surface area contributed by atoms with Crippen LogP contribution in [0.25, 0.3) is 10.8 Å². The Morgan fingerprint density at radius 1 is 0.533 bits per heavy atom. The molecule has 0 fully saturated rings. The van der Waals surface area contributed by atoms with Crippen molar-refractivity contribution in [2.75, 3.05) is 0 Å². The summed E-state index contributed by atoms with van der Waals surface area (Å²) in [5, 5.41) is 2.83. The van der Waals surface area contributed by atoms with Crippen molar-refractivity contribution in [3.63, 3.8) is 0 Å². The first-order valence-electron chi connectivity index (χ1n) is 13.0. The number of benzene rings is 2. The monoisotopic (exact) mass is 406 g/mol. The molecule has 0 aliphatic carbocycles. The highest BCUT2D eigenvalue weighted by Gasteiger charge is 2.00. The van der Waals surface area contributed by atoms with Gasteiger partial charge in [0, 0.05) is 0 Å². The van der Waals surface area contributed by atoms with Crippen LogP contribution in [0.3, 0.4) is 0 Å². The molecule has 0 nitrogen and oxygen atoms in total. The predicted molar refractivity (Wildman–Crippen MR) is 136 cm³/mol. The molecule has 0 saturated heterocycles. The summed E-state index contributed by atoms with van der Waals surface area (Å²) in [4.78, 5) is 0. The van der Waals surface area contributed by atoms with Crippen LogP contribution in [-0.4, -0.2) is 0 Å². The van der Waals surface area contributed by atoms with Gasteiger partial charge in [-0.05, 0) is 54.9 Å². The van der Waals surface area contributed by atoms with Gasteiger partial charge in [0.15, 0.2) is 0 Å². The Labute approximate surface area is 187 Å². The van der Waals surface area contributed by atoms with Gasteiger partial charge in [0.25, 0.3) is 0 Å². The lowest BCUT2D eigenvalue weighted by Crippen LogP contribution is -1.88. The molecule has 0 heteroatoms. The molecule has 2 aromatic carbocycles. The number of hydrogen-bond donors (Lipinski definition) is 0. The van der Waals surface area contributed by atoms with Crippen LogP contribution in [0, 0.1) is 0 Å². The molecular weight excluding hydrogens is 360 g/mol. The van der Waals surface area contributed by atoms with Crippen molar-refractivity contribution in [1.82, 2.24) is 0 Å². The Kier molecular flexibility index (Phi) is 14.1. The van der Waals surface area contributed by atoms with Crippen molar-refractivity contribution in [3.8, 4) is 0 Å². The van der Waals surface area contributed by atoms with Crippen LogP contribution in [0.2, 0.25) is 0 Å². The minimum atomic E-state index is 1.23. The summed E-state index contributed by atoms with van der Waals surface area (Å²) in [6.07, 6.45) is 28.3. The van der Waals surface area contributed by atoms with Crippen molar-refractivity contribution in [2.45, 2.75) is 116 Å². The molecule has 0 N–H and O–H groups in total. The Balaban J connectivity index is 1.36. The van der Waals surface area contributed by atoms with Crippen LogP contribution in [-0.2, 0) is 6.42 Å². The highest BCUT2D eigenvalue weighted by molar-refractivity contribution is 5.85. The highest BCUT2D eigenvalue weighted by Crippen LogP contribution is 2.21. The molecule has 0 saturated carbocycles. The van der Waals surface area contributed by atoms with E-state index < -0.39 is 0 Å². The topological polar surface area (TPSA) is 0 Å². The lowest BCUT2D eigenvalue weighted by atomic mass is 9.99. The van der Waals surface area contributed by atoms with Gasteiger partial charge in [0.2, 0.25) is 0 Å². The molecule has 0 bridgehead atoms. The Bertz CT molecular complexity index is 676. The van der Waals surface area contributed by atoms with Crippen LogP contribution in [0.1, 0.15) is 115 Å². The van der Waals surface area contributed by atoms with Gasteiger partial charge < -0.3 is 0 Å². The first kappa shape index (κ1) is 24.7. The summed E-state index contributed by atoms with van der Waals surface area (Å²) in [6, 6.07) is 15.5. The second-order valence-corrected chi connectivity index (χ2v) is 9.03. The van der Waals surface area contributed by atoms with Gasteiger partial charge in [-0.25, -0.2) is 0 Å².